The first-order valence-corrected chi connectivity index (χ1v) is 9.71. The zero-order chi connectivity index (χ0) is 20.1. The molecule has 9 heteroatoms. The zero-order valence-electron chi connectivity index (χ0n) is 14.6. The number of aliphatic imine (C=N–C) groups is 1. The van der Waals surface area contributed by atoms with Crippen LogP contribution in [0.5, 0.6) is 5.75 Å². The number of carbonyl (C=O) groups excluding carboxylic acids is 1. The summed E-state index contributed by atoms with van der Waals surface area (Å²) in [7, 11) is 0. The highest BCUT2D eigenvalue weighted by molar-refractivity contribution is 8.13. The highest BCUT2D eigenvalue weighted by atomic mass is 35.5. The van der Waals surface area contributed by atoms with Gasteiger partial charge in [-0.2, -0.15) is 13.2 Å². The third-order valence-corrected chi connectivity index (χ3v) is 5.24. The molecule has 0 aromatic heterocycles. The number of hydrogen-bond acceptors (Lipinski definition) is 4. The molecule has 1 aliphatic rings. The van der Waals surface area contributed by atoms with E-state index in [1.165, 1.54) is 22.7 Å². The highest BCUT2D eigenvalue weighted by Crippen LogP contribution is 2.30. The van der Waals surface area contributed by atoms with E-state index in [0.717, 1.165) is 12.1 Å². The molecule has 0 N–H and O–H groups in total. The molecular formula is C19H16ClF3N2O2S. The molecule has 3 rings (SSSR count). The summed E-state index contributed by atoms with van der Waals surface area (Å²) in [6, 6.07) is 11.8. The minimum atomic E-state index is -4.38. The number of thioether (sulfide) groups is 1. The lowest BCUT2D eigenvalue weighted by molar-refractivity contribution is -0.137. The largest absolute Gasteiger partial charge is 0.484 e. The van der Waals surface area contributed by atoms with Crippen LogP contribution in [-0.4, -0.2) is 35.7 Å². The predicted octanol–water partition coefficient (Wildman–Crippen LogP) is 4.87. The molecule has 148 valence electrons. The smallest absolute Gasteiger partial charge is 0.416 e. The minimum absolute atomic E-state index is 0.162. The fourth-order valence-corrected chi connectivity index (χ4v) is 3.65. The molecule has 0 spiro atoms. The molecule has 1 heterocycles. The predicted molar refractivity (Wildman–Crippen MR) is 104 cm³/mol. The Hall–Kier alpha value is -2.19. The van der Waals surface area contributed by atoms with E-state index in [0.29, 0.717) is 34.6 Å². The average Bonchev–Trinajstić information content (AvgIpc) is 3.14. The topological polar surface area (TPSA) is 41.9 Å². The number of amidine groups is 1. The summed E-state index contributed by atoms with van der Waals surface area (Å²) in [5.74, 6) is 0.541. The number of benzene rings is 2. The molecule has 0 bridgehead atoms. The van der Waals surface area contributed by atoms with Crippen LogP contribution in [0.2, 0.25) is 5.02 Å². The second kappa shape index (κ2) is 8.87. The van der Waals surface area contributed by atoms with Crippen molar-refractivity contribution < 1.29 is 22.7 Å². The van der Waals surface area contributed by atoms with E-state index in [2.05, 4.69) is 4.99 Å². The zero-order valence-corrected chi connectivity index (χ0v) is 16.2. The Labute approximate surface area is 169 Å². The lowest BCUT2D eigenvalue weighted by Crippen LogP contribution is -2.36. The van der Waals surface area contributed by atoms with Crippen LogP contribution in [0.1, 0.15) is 11.1 Å². The Morgan fingerprint density at radius 1 is 1.21 bits per heavy atom. The first-order chi connectivity index (χ1) is 13.3. The number of nitrogens with zero attached hydrogens (tertiary/aromatic N) is 2. The average molecular weight is 429 g/mol. The number of carbonyl (C=O) groups is 1. The first kappa shape index (κ1) is 20.5. The van der Waals surface area contributed by atoms with E-state index in [9.17, 15) is 18.0 Å². The fourth-order valence-electron chi connectivity index (χ4n) is 2.52. The van der Waals surface area contributed by atoms with Gasteiger partial charge in [0.15, 0.2) is 11.8 Å². The van der Waals surface area contributed by atoms with Crippen LogP contribution < -0.4 is 4.74 Å². The Bertz CT molecular complexity index is 872. The third-order valence-electron chi connectivity index (χ3n) is 3.90. The Kier molecular flexibility index (Phi) is 6.51. The molecule has 1 aliphatic heterocycles. The SMILES string of the molecule is O=C(COc1ccc(Cl)cc1)N1CCN=C1SCc1cccc(C(F)(F)F)c1. The van der Waals surface area contributed by atoms with Crippen LogP contribution in [0.3, 0.4) is 0 Å². The van der Waals surface area contributed by atoms with Crippen molar-refractivity contribution in [3.05, 3.63) is 64.7 Å². The van der Waals surface area contributed by atoms with Gasteiger partial charge >= 0.3 is 6.18 Å². The van der Waals surface area contributed by atoms with Gasteiger partial charge in [0.25, 0.3) is 5.91 Å². The normalized spacial score (nSPS) is 14.1. The van der Waals surface area contributed by atoms with Crippen molar-refractivity contribution in [2.75, 3.05) is 19.7 Å². The van der Waals surface area contributed by atoms with Crippen molar-refractivity contribution in [1.29, 1.82) is 0 Å². The summed E-state index contributed by atoms with van der Waals surface area (Å²) in [5, 5.41) is 1.06. The van der Waals surface area contributed by atoms with Crippen molar-refractivity contribution in [2.24, 2.45) is 4.99 Å². The van der Waals surface area contributed by atoms with Gasteiger partial charge in [-0.15, -0.1) is 0 Å². The highest BCUT2D eigenvalue weighted by Gasteiger charge is 2.30. The second-order valence-corrected chi connectivity index (χ2v) is 7.32. The van der Waals surface area contributed by atoms with E-state index in [4.69, 9.17) is 16.3 Å². The number of alkyl halides is 3. The third kappa shape index (κ3) is 5.42. The van der Waals surface area contributed by atoms with Crippen LogP contribution >= 0.6 is 23.4 Å². The van der Waals surface area contributed by atoms with E-state index in [1.807, 2.05) is 0 Å². The molecule has 28 heavy (non-hydrogen) atoms. The standard InChI is InChI=1S/C19H16ClF3N2O2S/c20-15-4-6-16(7-5-15)27-11-17(26)25-9-8-24-18(25)28-12-13-2-1-3-14(10-13)19(21,22)23/h1-7,10H,8-9,11-12H2. The van der Waals surface area contributed by atoms with Gasteiger partial charge in [-0.3, -0.25) is 14.7 Å². The van der Waals surface area contributed by atoms with Crippen LogP contribution in [0.15, 0.2) is 53.5 Å². The van der Waals surface area contributed by atoms with Crippen LogP contribution in [0.25, 0.3) is 0 Å². The van der Waals surface area contributed by atoms with Crippen LogP contribution in [0.4, 0.5) is 13.2 Å². The van der Waals surface area contributed by atoms with Crippen LogP contribution in [0, 0.1) is 0 Å². The van der Waals surface area contributed by atoms with Gasteiger partial charge in [0, 0.05) is 17.3 Å². The lowest BCUT2D eigenvalue weighted by atomic mass is 10.1. The Morgan fingerprint density at radius 2 is 1.96 bits per heavy atom. The van der Waals surface area contributed by atoms with Gasteiger partial charge < -0.3 is 4.74 Å². The van der Waals surface area contributed by atoms with E-state index < -0.39 is 11.7 Å². The van der Waals surface area contributed by atoms with Crippen LogP contribution in [-0.2, 0) is 16.7 Å². The first-order valence-electron chi connectivity index (χ1n) is 8.35. The lowest BCUT2D eigenvalue weighted by Gasteiger charge is -2.18. The molecule has 1 amide bonds. The Balaban J connectivity index is 1.55. The van der Waals surface area contributed by atoms with E-state index in [1.54, 1.807) is 30.3 Å². The molecule has 4 nitrogen and oxygen atoms in total. The maximum absolute atomic E-state index is 12.8. The molecule has 0 saturated heterocycles. The molecule has 0 aliphatic carbocycles. The van der Waals surface area contributed by atoms with Crippen molar-refractivity contribution in [3.8, 4) is 5.75 Å². The van der Waals surface area contributed by atoms with Gasteiger partial charge in [-0.1, -0.05) is 41.6 Å². The molecule has 2 aromatic rings. The molecule has 2 aromatic carbocycles. The summed E-state index contributed by atoms with van der Waals surface area (Å²) in [4.78, 5) is 18.2. The van der Waals surface area contributed by atoms with Gasteiger partial charge in [0.05, 0.1) is 12.1 Å². The summed E-state index contributed by atoms with van der Waals surface area (Å²) in [5.41, 5.74) is -0.178. The van der Waals surface area contributed by atoms with Crippen molar-refractivity contribution in [1.82, 2.24) is 4.90 Å². The maximum atomic E-state index is 12.8. The molecule has 0 atom stereocenters. The second-order valence-electron chi connectivity index (χ2n) is 5.94. The van der Waals surface area contributed by atoms with Crippen molar-refractivity contribution >= 4 is 34.4 Å². The number of rotatable bonds is 5. The number of hydrogen-bond donors (Lipinski definition) is 0. The molecule has 0 fully saturated rings. The molecule has 0 unspecified atom stereocenters. The van der Waals surface area contributed by atoms with Gasteiger partial charge in [-0.05, 0) is 35.9 Å². The fraction of sp³-hybridized carbons (Fsp3) is 0.263. The van der Waals surface area contributed by atoms with Crippen molar-refractivity contribution in [3.63, 3.8) is 0 Å². The quantitative estimate of drug-likeness (QED) is 0.682. The number of ether oxygens (including phenoxy) is 1. The number of amides is 1. The summed E-state index contributed by atoms with van der Waals surface area (Å²) in [6.45, 7) is 0.718. The van der Waals surface area contributed by atoms with Gasteiger partial charge in [0.1, 0.15) is 5.75 Å². The molecule has 0 radical (unpaired) electrons. The maximum Gasteiger partial charge on any atom is 0.416 e. The summed E-state index contributed by atoms with van der Waals surface area (Å²) >= 11 is 7.04. The summed E-state index contributed by atoms with van der Waals surface area (Å²) < 4.78 is 43.9. The minimum Gasteiger partial charge on any atom is -0.484 e. The Morgan fingerprint density at radius 3 is 2.68 bits per heavy atom. The van der Waals surface area contributed by atoms with E-state index in [-0.39, 0.29) is 18.3 Å². The molecule has 0 saturated carbocycles. The van der Waals surface area contributed by atoms with Crippen molar-refractivity contribution in [2.45, 2.75) is 11.9 Å². The molecular weight excluding hydrogens is 413 g/mol. The van der Waals surface area contributed by atoms with E-state index >= 15 is 0 Å². The van der Waals surface area contributed by atoms with Gasteiger partial charge in [-0.25, -0.2) is 0 Å². The van der Waals surface area contributed by atoms with Gasteiger partial charge in [0.2, 0.25) is 0 Å². The number of halogens is 4. The monoisotopic (exact) mass is 428 g/mol. The summed E-state index contributed by atoms with van der Waals surface area (Å²) in [6.07, 6.45) is -4.38.